The average molecular weight is 489 g/mol. The van der Waals surface area contributed by atoms with E-state index in [-0.39, 0.29) is 23.2 Å². The van der Waals surface area contributed by atoms with Crippen molar-refractivity contribution in [2.75, 3.05) is 43.5 Å². The minimum Gasteiger partial charge on any atom is -0.371 e. The average Bonchev–Trinajstić information content (AvgIpc) is 2.59. The number of hydrogen-bond donors (Lipinski definition) is 0. The molecule has 2 aliphatic heterocycles. The molecule has 3 heterocycles. The molecule has 0 aliphatic carbocycles. The largest absolute Gasteiger partial charge is 0.371 e. The third kappa shape index (κ3) is 2.72. The van der Waals surface area contributed by atoms with Crippen LogP contribution in [0.15, 0.2) is 4.79 Å². The topological polar surface area (TPSA) is 44.6 Å². The van der Waals surface area contributed by atoms with E-state index in [0.717, 1.165) is 22.3 Å². The van der Waals surface area contributed by atoms with Crippen molar-refractivity contribution in [3.63, 3.8) is 0 Å². The molecule has 1 saturated heterocycles. The Balaban J connectivity index is 2.16. The van der Waals surface area contributed by atoms with Crippen LogP contribution < -0.4 is 15.5 Å². The van der Waals surface area contributed by atoms with Crippen LogP contribution in [0.1, 0.15) is 18.9 Å². The summed E-state index contributed by atoms with van der Waals surface area (Å²) >= 11 is 1.75. The van der Waals surface area contributed by atoms with Crippen molar-refractivity contribution >= 4 is 45.3 Å². The Kier molecular flexibility index (Phi) is 4.57. The van der Waals surface area contributed by atoms with Gasteiger partial charge in [0.2, 0.25) is 0 Å². The first-order chi connectivity index (χ1) is 12.7. The molecule has 0 spiro atoms. The van der Waals surface area contributed by atoms with E-state index in [1.807, 2.05) is 11.9 Å². The summed E-state index contributed by atoms with van der Waals surface area (Å²) in [4.78, 5) is 23.0. The lowest BCUT2D eigenvalue weighted by Crippen LogP contribution is -2.58. The number of fused-ring (bicyclic) bond motifs is 2. The highest BCUT2D eigenvalue weighted by atomic mass is 127. The van der Waals surface area contributed by atoms with Crippen molar-refractivity contribution in [3.8, 4) is 0 Å². The predicted molar refractivity (Wildman–Crippen MR) is 111 cm³/mol. The number of likely N-dealkylation sites (N-methyl/N-ethyl adjacent to an activating group) is 1. The zero-order valence-electron chi connectivity index (χ0n) is 15.8. The predicted octanol–water partition coefficient (Wildman–Crippen LogP) is 2.53. The first kappa shape index (κ1) is 18.9. The molecule has 146 valence electrons. The van der Waals surface area contributed by atoms with Gasteiger partial charge in [-0.3, -0.25) is 0 Å². The summed E-state index contributed by atoms with van der Waals surface area (Å²) in [6.45, 7) is 5.74. The highest BCUT2D eigenvalue weighted by Gasteiger charge is 2.37. The van der Waals surface area contributed by atoms with E-state index in [2.05, 4.69) is 28.8 Å². The number of halogens is 3. The zero-order chi connectivity index (χ0) is 19.6. The highest BCUT2D eigenvalue weighted by Crippen LogP contribution is 2.42. The van der Waals surface area contributed by atoms with E-state index in [1.165, 1.54) is 6.92 Å². The number of rotatable bonds is 0. The molecule has 6 nitrogen and oxygen atoms in total. The maximum atomic E-state index is 15.2. The number of hydrogen-bond acceptors (Lipinski definition) is 5. The van der Waals surface area contributed by atoms with Crippen molar-refractivity contribution < 1.29 is 8.78 Å². The second kappa shape index (κ2) is 6.54. The standard InChI is InChI=1S/C18H22F2IN5O/c1-9-7-23(3)8-11-5-6-24(4)15-12-16(14(20)10(2)13(15)19)26(21)18(27)22-17(12)25(9)11/h9,11H,5-8H2,1-4H3. The molecular weight excluding hydrogens is 467 g/mol. The van der Waals surface area contributed by atoms with Gasteiger partial charge >= 0.3 is 5.69 Å². The third-order valence-electron chi connectivity index (χ3n) is 5.73. The third-order valence-corrected chi connectivity index (χ3v) is 6.62. The maximum absolute atomic E-state index is 15.2. The van der Waals surface area contributed by atoms with Crippen LogP contribution in [0, 0.1) is 18.6 Å². The zero-order valence-corrected chi connectivity index (χ0v) is 17.9. The minimum atomic E-state index is -0.700. The molecule has 1 aromatic heterocycles. The Morgan fingerprint density at radius 1 is 1.19 bits per heavy atom. The van der Waals surface area contributed by atoms with Gasteiger partial charge in [-0.1, -0.05) is 0 Å². The van der Waals surface area contributed by atoms with Gasteiger partial charge in [-0.25, -0.2) is 16.4 Å². The van der Waals surface area contributed by atoms with Crippen LogP contribution in [0.3, 0.4) is 0 Å². The summed E-state index contributed by atoms with van der Waals surface area (Å²) in [5.74, 6) is -0.887. The fourth-order valence-electron chi connectivity index (χ4n) is 4.50. The second-order valence-corrected chi connectivity index (χ2v) is 8.63. The van der Waals surface area contributed by atoms with E-state index in [9.17, 15) is 4.79 Å². The van der Waals surface area contributed by atoms with Gasteiger partial charge < -0.3 is 14.7 Å². The van der Waals surface area contributed by atoms with Crippen LogP contribution in [-0.4, -0.2) is 58.5 Å². The Labute approximate surface area is 170 Å². The van der Waals surface area contributed by atoms with E-state index in [1.54, 1.807) is 22.9 Å². The minimum absolute atomic E-state index is 0.0742. The van der Waals surface area contributed by atoms with Gasteiger partial charge in [-0.2, -0.15) is 4.98 Å². The van der Waals surface area contributed by atoms with Crippen molar-refractivity contribution in [2.24, 2.45) is 0 Å². The Morgan fingerprint density at radius 2 is 1.89 bits per heavy atom. The first-order valence-electron chi connectivity index (χ1n) is 9.00. The van der Waals surface area contributed by atoms with Gasteiger partial charge in [-0.15, -0.1) is 0 Å². The Morgan fingerprint density at radius 3 is 2.59 bits per heavy atom. The lowest BCUT2D eigenvalue weighted by atomic mass is 9.99. The maximum Gasteiger partial charge on any atom is 0.359 e. The van der Waals surface area contributed by atoms with Crippen LogP contribution in [0.25, 0.3) is 10.9 Å². The van der Waals surface area contributed by atoms with Crippen LogP contribution >= 0.6 is 22.9 Å². The summed E-state index contributed by atoms with van der Waals surface area (Å²) in [6.07, 6.45) is 0.803. The van der Waals surface area contributed by atoms with Crippen molar-refractivity contribution in [1.29, 1.82) is 0 Å². The number of piperazine rings is 1. The lowest BCUT2D eigenvalue weighted by molar-refractivity contribution is 0.226. The Bertz CT molecular complexity index is 994. The lowest BCUT2D eigenvalue weighted by Gasteiger charge is -2.47. The molecule has 4 rings (SSSR count). The van der Waals surface area contributed by atoms with E-state index >= 15 is 8.78 Å². The number of anilines is 2. The monoisotopic (exact) mass is 489 g/mol. The molecule has 2 atom stereocenters. The Hall–Kier alpha value is -1.49. The molecule has 0 saturated carbocycles. The smallest absolute Gasteiger partial charge is 0.359 e. The second-order valence-electron chi connectivity index (χ2n) is 7.67. The van der Waals surface area contributed by atoms with Gasteiger partial charge in [0.25, 0.3) is 0 Å². The van der Waals surface area contributed by atoms with Gasteiger partial charge in [0, 0.05) is 44.3 Å². The fourth-order valence-corrected chi connectivity index (χ4v) is 5.06. The summed E-state index contributed by atoms with van der Waals surface area (Å²) in [5.41, 5.74) is -0.184. The van der Waals surface area contributed by atoms with Crippen LogP contribution in [-0.2, 0) is 0 Å². The normalized spacial score (nSPS) is 23.4. The quantitative estimate of drug-likeness (QED) is 0.533. The van der Waals surface area contributed by atoms with E-state index in [0.29, 0.717) is 23.4 Å². The van der Waals surface area contributed by atoms with Crippen molar-refractivity contribution in [2.45, 2.75) is 32.4 Å². The highest BCUT2D eigenvalue weighted by molar-refractivity contribution is 14.1. The van der Waals surface area contributed by atoms with Crippen LogP contribution in [0.2, 0.25) is 0 Å². The summed E-state index contributed by atoms with van der Waals surface area (Å²) in [5, 5.41) is 0.383. The molecule has 0 radical (unpaired) electrons. The van der Waals surface area contributed by atoms with Gasteiger partial charge in [-0.05, 0) is 27.3 Å². The van der Waals surface area contributed by atoms with Crippen molar-refractivity contribution in [1.82, 2.24) is 12.7 Å². The molecular formula is C18H22F2IN5O. The summed E-state index contributed by atoms with van der Waals surface area (Å²) in [7, 11) is 3.88. The SMILES string of the molecule is Cc1c(F)c2c3c(nc(=O)n(I)c3c1F)N1C(C)CN(C)CC1CCN2C. The molecule has 0 bridgehead atoms. The molecule has 2 aromatic rings. The molecule has 1 aromatic carbocycles. The fraction of sp³-hybridized carbons (Fsp3) is 0.556. The molecule has 9 heteroatoms. The molecule has 2 aliphatic rings. The number of nitrogens with zero attached hydrogens (tertiary/aromatic N) is 5. The molecule has 2 unspecified atom stereocenters. The number of aromatic nitrogens is 2. The first-order valence-corrected chi connectivity index (χ1v) is 9.97. The van der Waals surface area contributed by atoms with Gasteiger partial charge in [0.15, 0.2) is 11.6 Å². The van der Waals surface area contributed by atoms with E-state index in [4.69, 9.17) is 0 Å². The molecule has 1 fully saturated rings. The molecule has 0 amide bonds. The molecule has 27 heavy (non-hydrogen) atoms. The summed E-state index contributed by atoms with van der Waals surface area (Å²) < 4.78 is 31.4. The molecule has 0 N–H and O–H groups in total. The van der Waals surface area contributed by atoms with Gasteiger partial charge in [0.1, 0.15) is 11.3 Å². The van der Waals surface area contributed by atoms with Gasteiger partial charge in [0.05, 0.1) is 33.9 Å². The van der Waals surface area contributed by atoms with Crippen molar-refractivity contribution in [3.05, 3.63) is 27.7 Å². The van der Waals surface area contributed by atoms with E-state index < -0.39 is 17.3 Å². The van der Waals surface area contributed by atoms with Crippen LogP contribution in [0.5, 0.6) is 0 Å². The summed E-state index contributed by atoms with van der Waals surface area (Å²) in [6, 6.07) is 0.208. The van der Waals surface area contributed by atoms with Crippen LogP contribution in [0.4, 0.5) is 20.3 Å². The number of benzene rings is 1.